The van der Waals surface area contributed by atoms with Crippen LogP contribution in [-0.2, 0) is 6.18 Å². The third-order valence-corrected chi connectivity index (χ3v) is 3.33. The van der Waals surface area contributed by atoms with Gasteiger partial charge < -0.3 is 0 Å². The van der Waals surface area contributed by atoms with Gasteiger partial charge in [-0.2, -0.15) is 23.5 Å². The molecular formula is C11H3Cl3F3N3. The second kappa shape index (κ2) is 5.17. The molecular weight excluding hydrogens is 337 g/mol. The largest absolute Gasteiger partial charge is 0.416 e. The molecule has 2 aromatic rings. The highest BCUT2D eigenvalue weighted by Crippen LogP contribution is 2.38. The maximum atomic E-state index is 12.6. The molecule has 0 aliphatic heterocycles. The third kappa shape index (κ3) is 2.57. The lowest BCUT2D eigenvalue weighted by Gasteiger charge is -2.12. The summed E-state index contributed by atoms with van der Waals surface area (Å²) in [6.45, 7) is 0. The second-order valence-corrected chi connectivity index (χ2v) is 4.83. The van der Waals surface area contributed by atoms with Gasteiger partial charge in [0, 0.05) is 0 Å². The van der Waals surface area contributed by atoms with Crippen LogP contribution < -0.4 is 0 Å². The van der Waals surface area contributed by atoms with Crippen molar-refractivity contribution in [3.05, 3.63) is 44.7 Å². The minimum absolute atomic E-state index is 0.0205. The maximum Gasteiger partial charge on any atom is 0.416 e. The first-order valence-electron chi connectivity index (χ1n) is 4.96. The Bertz CT molecular complexity index is 693. The summed E-state index contributed by atoms with van der Waals surface area (Å²) in [6.07, 6.45) is -3.41. The van der Waals surface area contributed by atoms with Gasteiger partial charge in [-0.05, 0) is 12.1 Å². The number of nitriles is 1. The lowest BCUT2D eigenvalue weighted by atomic mass is 10.2. The van der Waals surface area contributed by atoms with E-state index in [1.165, 1.54) is 0 Å². The van der Waals surface area contributed by atoms with Crippen LogP contribution in [0.15, 0.2) is 18.3 Å². The Kier molecular flexibility index (Phi) is 3.87. The molecule has 0 bridgehead atoms. The predicted molar refractivity (Wildman–Crippen MR) is 68.3 cm³/mol. The van der Waals surface area contributed by atoms with Gasteiger partial charge in [0.2, 0.25) is 0 Å². The van der Waals surface area contributed by atoms with Gasteiger partial charge in [0.05, 0.1) is 21.8 Å². The summed E-state index contributed by atoms with van der Waals surface area (Å²) in [7, 11) is 0. The molecule has 0 aliphatic rings. The number of rotatable bonds is 1. The molecule has 0 fully saturated rings. The fourth-order valence-corrected chi connectivity index (χ4v) is 2.36. The quantitative estimate of drug-likeness (QED) is 0.753. The molecule has 2 rings (SSSR count). The molecule has 0 atom stereocenters. The fourth-order valence-electron chi connectivity index (χ4n) is 1.50. The highest BCUT2D eigenvalue weighted by atomic mass is 35.5. The number of alkyl halides is 3. The lowest BCUT2D eigenvalue weighted by Crippen LogP contribution is -2.07. The Morgan fingerprint density at radius 1 is 1.15 bits per heavy atom. The molecule has 20 heavy (non-hydrogen) atoms. The molecule has 1 aromatic carbocycles. The van der Waals surface area contributed by atoms with Crippen LogP contribution in [0.5, 0.6) is 0 Å². The maximum absolute atomic E-state index is 12.6. The van der Waals surface area contributed by atoms with Crippen molar-refractivity contribution in [1.82, 2.24) is 9.78 Å². The summed E-state index contributed by atoms with van der Waals surface area (Å²) in [4.78, 5) is 0. The van der Waals surface area contributed by atoms with E-state index in [0.717, 1.165) is 10.9 Å². The fraction of sp³-hybridized carbons (Fsp3) is 0.0909. The molecule has 0 saturated heterocycles. The van der Waals surface area contributed by atoms with E-state index >= 15 is 0 Å². The molecule has 0 spiro atoms. The van der Waals surface area contributed by atoms with Gasteiger partial charge in [0.15, 0.2) is 5.15 Å². The molecule has 0 saturated carbocycles. The summed E-state index contributed by atoms with van der Waals surface area (Å²) >= 11 is 17.5. The molecule has 0 amide bonds. The minimum atomic E-state index is -4.57. The first-order valence-corrected chi connectivity index (χ1v) is 6.09. The summed E-state index contributed by atoms with van der Waals surface area (Å²) in [5.41, 5.74) is -0.952. The number of hydrogen-bond donors (Lipinski definition) is 0. The first kappa shape index (κ1) is 15.0. The molecule has 0 unspecified atom stereocenters. The minimum Gasteiger partial charge on any atom is -0.218 e. The molecule has 0 aliphatic carbocycles. The van der Waals surface area contributed by atoms with E-state index in [1.54, 1.807) is 6.07 Å². The normalized spacial score (nSPS) is 11.4. The van der Waals surface area contributed by atoms with Crippen molar-refractivity contribution >= 4 is 34.8 Å². The van der Waals surface area contributed by atoms with Crippen molar-refractivity contribution in [2.24, 2.45) is 0 Å². The number of nitrogens with zero attached hydrogens (tertiary/aromatic N) is 3. The molecule has 104 valence electrons. The van der Waals surface area contributed by atoms with E-state index in [4.69, 9.17) is 40.1 Å². The Morgan fingerprint density at radius 2 is 1.70 bits per heavy atom. The summed E-state index contributed by atoms with van der Waals surface area (Å²) in [6, 6.07) is 3.21. The standard InChI is InChI=1S/C11H3Cl3F3N3/c12-7-1-6(11(15,16)17)2-8(13)9(7)20-10(14)5(3-18)4-19-20/h1-2,4H. The molecule has 1 heterocycles. The van der Waals surface area contributed by atoms with Crippen LogP contribution in [0.1, 0.15) is 11.1 Å². The third-order valence-electron chi connectivity index (χ3n) is 2.39. The lowest BCUT2D eigenvalue weighted by molar-refractivity contribution is -0.137. The zero-order valence-corrected chi connectivity index (χ0v) is 11.6. The van der Waals surface area contributed by atoms with E-state index in [-0.39, 0.29) is 26.4 Å². The Balaban J connectivity index is 2.65. The van der Waals surface area contributed by atoms with Gasteiger partial charge in [-0.15, -0.1) is 0 Å². The SMILES string of the molecule is N#Cc1cnn(-c2c(Cl)cc(C(F)(F)F)cc2Cl)c1Cl. The number of hydrogen-bond acceptors (Lipinski definition) is 2. The monoisotopic (exact) mass is 339 g/mol. The van der Waals surface area contributed by atoms with Crippen molar-refractivity contribution < 1.29 is 13.2 Å². The first-order chi connectivity index (χ1) is 9.25. The van der Waals surface area contributed by atoms with E-state index in [0.29, 0.717) is 12.1 Å². The summed E-state index contributed by atoms with van der Waals surface area (Å²) in [5, 5.41) is 11.9. The van der Waals surface area contributed by atoms with Gasteiger partial charge in [-0.25, -0.2) is 4.68 Å². The number of benzene rings is 1. The Hall–Kier alpha value is -1.42. The second-order valence-electron chi connectivity index (χ2n) is 3.66. The van der Waals surface area contributed by atoms with Crippen molar-refractivity contribution in [2.45, 2.75) is 6.18 Å². The highest BCUT2D eigenvalue weighted by Gasteiger charge is 2.32. The molecule has 9 heteroatoms. The topological polar surface area (TPSA) is 41.6 Å². The van der Waals surface area contributed by atoms with E-state index in [1.807, 2.05) is 0 Å². The summed E-state index contributed by atoms with van der Waals surface area (Å²) < 4.78 is 38.8. The molecule has 1 aromatic heterocycles. The highest BCUT2D eigenvalue weighted by molar-refractivity contribution is 6.38. The van der Waals surface area contributed by atoms with Gasteiger partial charge in [0.25, 0.3) is 0 Å². The van der Waals surface area contributed by atoms with Crippen molar-refractivity contribution in [3.63, 3.8) is 0 Å². The van der Waals surface area contributed by atoms with Crippen LogP contribution in [0.2, 0.25) is 15.2 Å². The van der Waals surface area contributed by atoms with Gasteiger partial charge in [-0.3, -0.25) is 0 Å². The van der Waals surface area contributed by atoms with Crippen LogP contribution in [0.4, 0.5) is 13.2 Å². The smallest absolute Gasteiger partial charge is 0.218 e. The average Bonchev–Trinajstić information content (AvgIpc) is 2.69. The summed E-state index contributed by atoms with van der Waals surface area (Å²) in [5.74, 6) is 0. The zero-order chi connectivity index (χ0) is 15.1. The molecule has 0 N–H and O–H groups in total. The van der Waals surface area contributed by atoms with Crippen LogP contribution in [-0.4, -0.2) is 9.78 Å². The van der Waals surface area contributed by atoms with Crippen molar-refractivity contribution in [3.8, 4) is 11.8 Å². The number of aromatic nitrogens is 2. The van der Waals surface area contributed by atoms with Gasteiger partial charge in [0.1, 0.15) is 17.3 Å². The van der Waals surface area contributed by atoms with Crippen LogP contribution in [0.25, 0.3) is 5.69 Å². The Morgan fingerprint density at radius 3 is 2.10 bits per heavy atom. The molecule has 3 nitrogen and oxygen atoms in total. The van der Waals surface area contributed by atoms with Gasteiger partial charge in [-0.1, -0.05) is 34.8 Å². The van der Waals surface area contributed by atoms with E-state index < -0.39 is 11.7 Å². The predicted octanol–water partition coefficient (Wildman–Crippen LogP) is 4.72. The van der Waals surface area contributed by atoms with Crippen molar-refractivity contribution in [1.29, 1.82) is 5.26 Å². The van der Waals surface area contributed by atoms with Gasteiger partial charge >= 0.3 is 6.18 Å². The Labute approximate surface area is 126 Å². The van der Waals surface area contributed by atoms with Crippen LogP contribution in [0.3, 0.4) is 0 Å². The average molecular weight is 341 g/mol. The van der Waals surface area contributed by atoms with Crippen LogP contribution in [0, 0.1) is 11.3 Å². The zero-order valence-electron chi connectivity index (χ0n) is 9.34. The molecule has 0 radical (unpaired) electrons. The van der Waals surface area contributed by atoms with Crippen LogP contribution >= 0.6 is 34.8 Å². The number of halogens is 6. The van der Waals surface area contributed by atoms with E-state index in [2.05, 4.69) is 5.10 Å². The van der Waals surface area contributed by atoms with E-state index in [9.17, 15) is 13.2 Å². The van der Waals surface area contributed by atoms with Crippen molar-refractivity contribution in [2.75, 3.05) is 0 Å².